The maximum atomic E-state index is 12.5. The van der Waals surface area contributed by atoms with E-state index in [2.05, 4.69) is 28.8 Å². The maximum absolute atomic E-state index is 12.5. The van der Waals surface area contributed by atoms with Crippen molar-refractivity contribution in [2.24, 2.45) is 0 Å². The van der Waals surface area contributed by atoms with Gasteiger partial charge in [0.25, 0.3) is 0 Å². The fourth-order valence-corrected chi connectivity index (χ4v) is 3.49. The van der Waals surface area contributed by atoms with Gasteiger partial charge in [0.05, 0.1) is 11.7 Å². The molecule has 0 radical (unpaired) electrons. The molecule has 25 heavy (non-hydrogen) atoms. The molecule has 0 spiro atoms. The summed E-state index contributed by atoms with van der Waals surface area (Å²) in [5, 5.41) is 6.13. The summed E-state index contributed by atoms with van der Waals surface area (Å²) >= 11 is 0. The van der Waals surface area contributed by atoms with Gasteiger partial charge in [0, 0.05) is 5.56 Å². The van der Waals surface area contributed by atoms with Crippen molar-refractivity contribution in [2.75, 3.05) is 5.32 Å². The highest BCUT2D eigenvalue weighted by Crippen LogP contribution is 2.31. The molecule has 1 aliphatic carbocycles. The van der Waals surface area contributed by atoms with Crippen LogP contribution in [0, 0.1) is 0 Å². The molecule has 2 N–H and O–H groups in total. The van der Waals surface area contributed by atoms with Gasteiger partial charge in [-0.2, -0.15) is 0 Å². The highest BCUT2D eigenvalue weighted by molar-refractivity contribution is 5.94. The Morgan fingerprint density at radius 1 is 0.840 bits per heavy atom. The van der Waals surface area contributed by atoms with Crippen LogP contribution in [0.15, 0.2) is 78.9 Å². The molecule has 1 atom stereocenters. The van der Waals surface area contributed by atoms with Gasteiger partial charge in [-0.3, -0.25) is 0 Å². The summed E-state index contributed by atoms with van der Waals surface area (Å²) in [5.41, 5.74) is 5.48. The number of benzene rings is 3. The lowest BCUT2D eigenvalue weighted by Crippen LogP contribution is -2.31. The third kappa shape index (κ3) is 3.26. The molecule has 2 amide bonds. The summed E-state index contributed by atoms with van der Waals surface area (Å²) in [6.45, 7) is 0. The van der Waals surface area contributed by atoms with E-state index >= 15 is 0 Å². The number of fused-ring (bicyclic) bond motifs is 1. The summed E-state index contributed by atoms with van der Waals surface area (Å²) in [6, 6.07) is 26.2. The van der Waals surface area contributed by atoms with Crippen LogP contribution in [0.1, 0.15) is 23.6 Å². The Balaban J connectivity index is 1.51. The number of anilines is 1. The van der Waals surface area contributed by atoms with E-state index in [1.54, 1.807) is 0 Å². The second-order valence-corrected chi connectivity index (χ2v) is 6.30. The van der Waals surface area contributed by atoms with Gasteiger partial charge in [0.15, 0.2) is 0 Å². The van der Waals surface area contributed by atoms with Crippen molar-refractivity contribution in [1.82, 2.24) is 5.32 Å². The average molecular weight is 328 g/mol. The highest BCUT2D eigenvalue weighted by atomic mass is 16.2. The molecule has 0 heterocycles. The molecule has 0 aliphatic heterocycles. The lowest BCUT2D eigenvalue weighted by atomic mass is 10.0. The number of carbonyl (C=O) groups excluding carboxylic acids is 1. The molecule has 3 heteroatoms. The minimum atomic E-state index is -0.162. The van der Waals surface area contributed by atoms with Gasteiger partial charge in [-0.25, -0.2) is 4.79 Å². The van der Waals surface area contributed by atoms with Crippen molar-refractivity contribution in [3.05, 3.63) is 90.0 Å². The monoisotopic (exact) mass is 328 g/mol. The fourth-order valence-electron chi connectivity index (χ4n) is 3.49. The van der Waals surface area contributed by atoms with Crippen LogP contribution in [-0.2, 0) is 6.42 Å². The van der Waals surface area contributed by atoms with Crippen molar-refractivity contribution in [2.45, 2.75) is 18.9 Å². The highest BCUT2D eigenvalue weighted by Gasteiger charge is 2.23. The predicted octanol–water partition coefficient (Wildman–Crippen LogP) is 5.16. The van der Waals surface area contributed by atoms with Crippen LogP contribution in [0.2, 0.25) is 0 Å². The molecule has 0 saturated carbocycles. The van der Waals surface area contributed by atoms with Crippen molar-refractivity contribution >= 4 is 11.7 Å². The standard InChI is InChI=1S/C22H20N2O/c25-22(24-21-15-14-17-10-4-5-11-19(17)21)23-20-13-7-6-12-18(20)16-8-2-1-3-9-16/h1-13,21H,14-15H2,(H2,23,24,25). The number of hydrogen-bond donors (Lipinski definition) is 2. The summed E-state index contributed by atoms with van der Waals surface area (Å²) < 4.78 is 0. The van der Waals surface area contributed by atoms with E-state index in [-0.39, 0.29) is 12.1 Å². The summed E-state index contributed by atoms with van der Waals surface area (Å²) in [5.74, 6) is 0. The number of para-hydroxylation sites is 1. The Kier molecular flexibility index (Phi) is 4.21. The average Bonchev–Trinajstić information content (AvgIpc) is 3.06. The number of hydrogen-bond acceptors (Lipinski definition) is 1. The van der Waals surface area contributed by atoms with E-state index < -0.39 is 0 Å². The van der Waals surface area contributed by atoms with Gasteiger partial charge < -0.3 is 10.6 Å². The molecule has 4 rings (SSSR count). The minimum Gasteiger partial charge on any atom is -0.331 e. The number of rotatable bonds is 3. The SMILES string of the molecule is O=C(Nc1ccccc1-c1ccccc1)NC1CCc2ccccc21. The summed E-state index contributed by atoms with van der Waals surface area (Å²) in [4.78, 5) is 12.5. The number of nitrogens with one attached hydrogen (secondary N) is 2. The van der Waals surface area contributed by atoms with Crippen LogP contribution < -0.4 is 10.6 Å². The smallest absolute Gasteiger partial charge is 0.319 e. The lowest BCUT2D eigenvalue weighted by molar-refractivity contribution is 0.248. The third-order valence-electron chi connectivity index (χ3n) is 4.70. The fraction of sp³-hybridized carbons (Fsp3) is 0.136. The lowest BCUT2D eigenvalue weighted by Gasteiger charge is -2.16. The van der Waals surface area contributed by atoms with E-state index in [0.717, 1.165) is 29.7 Å². The molecule has 0 aromatic heterocycles. The summed E-state index contributed by atoms with van der Waals surface area (Å²) in [6.07, 6.45) is 1.97. The molecule has 3 aromatic carbocycles. The topological polar surface area (TPSA) is 41.1 Å². The molecule has 1 aliphatic rings. The Morgan fingerprint density at radius 3 is 2.44 bits per heavy atom. The van der Waals surface area contributed by atoms with Crippen LogP contribution >= 0.6 is 0 Å². The molecule has 0 fully saturated rings. The van der Waals surface area contributed by atoms with Gasteiger partial charge in [0.2, 0.25) is 0 Å². The Bertz CT molecular complexity index is 889. The number of urea groups is 1. The largest absolute Gasteiger partial charge is 0.331 e. The first kappa shape index (κ1) is 15.5. The molecule has 1 unspecified atom stereocenters. The van der Waals surface area contributed by atoms with Crippen LogP contribution in [-0.4, -0.2) is 6.03 Å². The van der Waals surface area contributed by atoms with E-state index in [9.17, 15) is 4.79 Å². The second-order valence-electron chi connectivity index (χ2n) is 6.30. The van der Waals surface area contributed by atoms with Crippen LogP contribution in [0.3, 0.4) is 0 Å². The molecule has 3 nitrogen and oxygen atoms in total. The number of amides is 2. The first-order chi connectivity index (χ1) is 12.3. The minimum absolute atomic E-state index is 0.0834. The Labute approximate surface area is 147 Å². The zero-order chi connectivity index (χ0) is 17.1. The number of aryl methyl sites for hydroxylation is 1. The second kappa shape index (κ2) is 6.81. The molecular weight excluding hydrogens is 308 g/mol. The van der Waals surface area contributed by atoms with Crippen molar-refractivity contribution in [3.63, 3.8) is 0 Å². The Morgan fingerprint density at radius 2 is 1.56 bits per heavy atom. The molecule has 3 aromatic rings. The van der Waals surface area contributed by atoms with Crippen LogP contribution in [0.4, 0.5) is 10.5 Å². The van der Waals surface area contributed by atoms with E-state index in [1.165, 1.54) is 11.1 Å². The van der Waals surface area contributed by atoms with Crippen LogP contribution in [0.5, 0.6) is 0 Å². The Hall–Kier alpha value is -3.07. The van der Waals surface area contributed by atoms with E-state index in [0.29, 0.717) is 0 Å². The molecule has 124 valence electrons. The summed E-state index contributed by atoms with van der Waals surface area (Å²) in [7, 11) is 0. The van der Waals surface area contributed by atoms with Crippen molar-refractivity contribution in [3.8, 4) is 11.1 Å². The van der Waals surface area contributed by atoms with Gasteiger partial charge in [-0.1, -0.05) is 72.8 Å². The van der Waals surface area contributed by atoms with E-state index in [1.807, 2.05) is 60.7 Å². The zero-order valence-electron chi connectivity index (χ0n) is 13.9. The van der Waals surface area contributed by atoms with Crippen molar-refractivity contribution < 1.29 is 4.79 Å². The molecular formula is C22H20N2O. The number of carbonyl (C=O) groups is 1. The predicted molar refractivity (Wildman–Crippen MR) is 102 cm³/mol. The van der Waals surface area contributed by atoms with Crippen LogP contribution in [0.25, 0.3) is 11.1 Å². The normalized spacial score (nSPS) is 15.4. The van der Waals surface area contributed by atoms with Crippen molar-refractivity contribution in [1.29, 1.82) is 0 Å². The molecule has 0 bridgehead atoms. The zero-order valence-corrected chi connectivity index (χ0v) is 13.9. The van der Waals surface area contributed by atoms with Gasteiger partial charge in [-0.15, -0.1) is 0 Å². The van der Waals surface area contributed by atoms with E-state index in [4.69, 9.17) is 0 Å². The maximum Gasteiger partial charge on any atom is 0.319 e. The first-order valence-corrected chi connectivity index (χ1v) is 8.61. The first-order valence-electron chi connectivity index (χ1n) is 8.61. The van der Waals surface area contributed by atoms with Gasteiger partial charge in [-0.05, 0) is 35.6 Å². The van der Waals surface area contributed by atoms with Gasteiger partial charge >= 0.3 is 6.03 Å². The quantitative estimate of drug-likeness (QED) is 0.685. The van der Waals surface area contributed by atoms with Gasteiger partial charge in [0.1, 0.15) is 0 Å². The molecule has 0 saturated heterocycles. The third-order valence-corrected chi connectivity index (χ3v) is 4.70.